The average molecular weight is 270 g/mol. The molecular formula is C14H20ClNO2. The van der Waals surface area contributed by atoms with E-state index in [-0.39, 0.29) is 12.0 Å². The summed E-state index contributed by atoms with van der Waals surface area (Å²) >= 11 is 5.96. The van der Waals surface area contributed by atoms with E-state index >= 15 is 0 Å². The zero-order valence-corrected chi connectivity index (χ0v) is 11.9. The molecule has 0 bridgehead atoms. The van der Waals surface area contributed by atoms with Crippen molar-refractivity contribution < 1.29 is 9.90 Å². The van der Waals surface area contributed by atoms with Crippen LogP contribution in [0.4, 0.5) is 0 Å². The quantitative estimate of drug-likeness (QED) is 0.890. The van der Waals surface area contributed by atoms with Crippen LogP contribution in [0.2, 0.25) is 5.02 Å². The van der Waals surface area contributed by atoms with E-state index in [1.54, 1.807) is 0 Å². The van der Waals surface area contributed by atoms with E-state index in [4.69, 9.17) is 16.7 Å². The Morgan fingerprint density at radius 3 is 2.56 bits per heavy atom. The highest BCUT2D eigenvalue weighted by molar-refractivity contribution is 6.30. The standard InChI is InChI=1S/C14H20ClNO2/c1-14(2,3)16(8-7-13(17)18)10-11-5-4-6-12(15)9-11/h4-6,9H,7-8,10H2,1-3H3,(H,17,18). The van der Waals surface area contributed by atoms with Gasteiger partial charge < -0.3 is 5.11 Å². The van der Waals surface area contributed by atoms with Crippen molar-refractivity contribution in [2.24, 2.45) is 0 Å². The normalized spacial score (nSPS) is 11.8. The number of carboxylic acid groups (broad SMARTS) is 1. The van der Waals surface area contributed by atoms with Crippen LogP contribution in [-0.2, 0) is 11.3 Å². The van der Waals surface area contributed by atoms with Gasteiger partial charge in [-0.25, -0.2) is 0 Å². The molecule has 3 nitrogen and oxygen atoms in total. The van der Waals surface area contributed by atoms with Crippen molar-refractivity contribution in [3.05, 3.63) is 34.9 Å². The van der Waals surface area contributed by atoms with Crippen molar-refractivity contribution in [1.82, 2.24) is 4.90 Å². The lowest BCUT2D eigenvalue weighted by Gasteiger charge is -2.35. The highest BCUT2D eigenvalue weighted by Gasteiger charge is 2.21. The third-order valence-electron chi connectivity index (χ3n) is 2.81. The van der Waals surface area contributed by atoms with E-state index in [1.807, 2.05) is 24.3 Å². The zero-order chi connectivity index (χ0) is 13.8. The van der Waals surface area contributed by atoms with E-state index in [0.29, 0.717) is 18.1 Å². The Labute approximate surface area is 113 Å². The van der Waals surface area contributed by atoms with E-state index in [2.05, 4.69) is 25.7 Å². The summed E-state index contributed by atoms with van der Waals surface area (Å²) in [7, 11) is 0. The fraction of sp³-hybridized carbons (Fsp3) is 0.500. The second-order valence-corrected chi connectivity index (χ2v) is 5.80. The van der Waals surface area contributed by atoms with Crippen LogP contribution in [0.3, 0.4) is 0 Å². The molecule has 0 atom stereocenters. The highest BCUT2D eigenvalue weighted by atomic mass is 35.5. The molecule has 18 heavy (non-hydrogen) atoms. The van der Waals surface area contributed by atoms with Crippen LogP contribution in [0.1, 0.15) is 32.8 Å². The third-order valence-corrected chi connectivity index (χ3v) is 3.04. The van der Waals surface area contributed by atoms with E-state index in [9.17, 15) is 4.79 Å². The number of carbonyl (C=O) groups is 1. The van der Waals surface area contributed by atoms with Crippen molar-refractivity contribution in [2.75, 3.05) is 6.54 Å². The van der Waals surface area contributed by atoms with Gasteiger partial charge in [0.1, 0.15) is 0 Å². The summed E-state index contributed by atoms with van der Waals surface area (Å²) < 4.78 is 0. The first-order valence-electron chi connectivity index (χ1n) is 6.00. The summed E-state index contributed by atoms with van der Waals surface area (Å²) in [6.45, 7) is 7.49. The lowest BCUT2D eigenvalue weighted by atomic mass is 10.0. The van der Waals surface area contributed by atoms with Gasteiger partial charge in [-0.05, 0) is 38.5 Å². The van der Waals surface area contributed by atoms with Gasteiger partial charge in [-0.2, -0.15) is 0 Å². The van der Waals surface area contributed by atoms with Crippen LogP contribution in [0.15, 0.2) is 24.3 Å². The number of rotatable bonds is 5. The molecule has 1 rings (SSSR count). The van der Waals surface area contributed by atoms with Crippen LogP contribution in [-0.4, -0.2) is 28.1 Å². The van der Waals surface area contributed by atoms with E-state index < -0.39 is 5.97 Å². The van der Waals surface area contributed by atoms with Gasteiger partial charge in [-0.3, -0.25) is 9.69 Å². The van der Waals surface area contributed by atoms with Gasteiger partial charge in [-0.1, -0.05) is 23.7 Å². The van der Waals surface area contributed by atoms with Gasteiger partial charge >= 0.3 is 5.97 Å². The number of benzene rings is 1. The Bertz CT molecular complexity index is 413. The Kier molecular flexibility index (Phi) is 5.17. The monoisotopic (exact) mass is 269 g/mol. The van der Waals surface area contributed by atoms with Gasteiger partial charge in [0.25, 0.3) is 0 Å². The largest absolute Gasteiger partial charge is 0.481 e. The van der Waals surface area contributed by atoms with E-state index in [0.717, 1.165) is 5.56 Å². The number of aliphatic carboxylic acids is 1. The molecular weight excluding hydrogens is 250 g/mol. The van der Waals surface area contributed by atoms with Crippen molar-refractivity contribution in [2.45, 2.75) is 39.3 Å². The first kappa shape index (κ1) is 15.0. The third kappa shape index (κ3) is 5.07. The lowest BCUT2D eigenvalue weighted by molar-refractivity contribution is -0.137. The second-order valence-electron chi connectivity index (χ2n) is 5.37. The predicted molar refractivity (Wildman–Crippen MR) is 73.9 cm³/mol. The van der Waals surface area contributed by atoms with Crippen LogP contribution in [0.25, 0.3) is 0 Å². The molecule has 0 fully saturated rings. The molecule has 0 spiro atoms. The molecule has 1 aromatic rings. The van der Waals surface area contributed by atoms with Crippen LogP contribution < -0.4 is 0 Å². The van der Waals surface area contributed by atoms with Crippen molar-refractivity contribution in [1.29, 1.82) is 0 Å². The molecule has 0 aliphatic rings. The van der Waals surface area contributed by atoms with Crippen molar-refractivity contribution >= 4 is 17.6 Å². The Morgan fingerprint density at radius 2 is 2.06 bits per heavy atom. The molecule has 0 unspecified atom stereocenters. The molecule has 1 N–H and O–H groups in total. The van der Waals surface area contributed by atoms with Gasteiger partial charge in [0, 0.05) is 23.7 Å². The SMILES string of the molecule is CC(C)(C)N(CCC(=O)O)Cc1cccc(Cl)c1. The molecule has 1 aromatic carbocycles. The Balaban J connectivity index is 2.75. The van der Waals surface area contributed by atoms with Gasteiger partial charge in [0.15, 0.2) is 0 Å². The summed E-state index contributed by atoms with van der Waals surface area (Å²) in [6, 6.07) is 7.67. The summed E-state index contributed by atoms with van der Waals surface area (Å²) in [5, 5.41) is 9.50. The maximum Gasteiger partial charge on any atom is 0.304 e. The summed E-state index contributed by atoms with van der Waals surface area (Å²) in [5.74, 6) is -0.768. The minimum atomic E-state index is -0.768. The molecule has 0 aliphatic heterocycles. The first-order valence-corrected chi connectivity index (χ1v) is 6.38. The van der Waals surface area contributed by atoms with E-state index in [1.165, 1.54) is 0 Å². The lowest BCUT2D eigenvalue weighted by Crippen LogP contribution is -2.42. The van der Waals surface area contributed by atoms with Crippen molar-refractivity contribution in [3.63, 3.8) is 0 Å². The van der Waals surface area contributed by atoms with Gasteiger partial charge in [0.05, 0.1) is 6.42 Å². The smallest absolute Gasteiger partial charge is 0.304 e. The Hall–Kier alpha value is -1.06. The molecule has 100 valence electrons. The molecule has 0 aromatic heterocycles. The number of hydrogen-bond acceptors (Lipinski definition) is 2. The fourth-order valence-electron chi connectivity index (χ4n) is 1.74. The van der Waals surface area contributed by atoms with Crippen LogP contribution >= 0.6 is 11.6 Å². The molecule has 0 heterocycles. The molecule has 0 radical (unpaired) electrons. The average Bonchev–Trinajstić information content (AvgIpc) is 2.22. The number of hydrogen-bond donors (Lipinski definition) is 1. The highest BCUT2D eigenvalue weighted by Crippen LogP contribution is 2.19. The number of carboxylic acids is 1. The van der Waals surface area contributed by atoms with Crippen molar-refractivity contribution in [3.8, 4) is 0 Å². The summed E-state index contributed by atoms with van der Waals surface area (Å²) in [6.07, 6.45) is 0.151. The molecule has 0 saturated carbocycles. The number of halogens is 1. The zero-order valence-electron chi connectivity index (χ0n) is 11.1. The molecule has 0 amide bonds. The summed E-state index contributed by atoms with van der Waals surface area (Å²) in [5.41, 5.74) is 1.03. The van der Waals surface area contributed by atoms with Gasteiger partial charge in [0.2, 0.25) is 0 Å². The fourth-order valence-corrected chi connectivity index (χ4v) is 1.95. The molecule has 4 heteroatoms. The first-order chi connectivity index (χ1) is 8.29. The number of nitrogens with zero attached hydrogens (tertiary/aromatic N) is 1. The minimum Gasteiger partial charge on any atom is -0.481 e. The molecule has 0 saturated heterocycles. The molecule has 0 aliphatic carbocycles. The maximum atomic E-state index is 10.7. The predicted octanol–water partition coefficient (Wildman–Crippen LogP) is 3.42. The Morgan fingerprint density at radius 1 is 1.39 bits per heavy atom. The maximum absolute atomic E-state index is 10.7. The van der Waals surface area contributed by atoms with Crippen LogP contribution in [0.5, 0.6) is 0 Å². The second kappa shape index (κ2) is 6.21. The van der Waals surface area contributed by atoms with Gasteiger partial charge in [-0.15, -0.1) is 0 Å². The summed E-state index contributed by atoms with van der Waals surface area (Å²) in [4.78, 5) is 12.8. The van der Waals surface area contributed by atoms with Crippen LogP contribution in [0, 0.1) is 0 Å². The minimum absolute atomic E-state index is 0.0717. The topological polar surface area (TPSA) is 40.5 Å².